The maximum Gasteiger partial charge on any atom is 0.0910 e. The van der Waals surface area contributed by atoms with Crippen LogP contribution in [0.4, 0.5) is 11.4 Å². The molecule has 2 bridgehead atoms. The fourth-order valence-electron chi connectivity index (χ4n) is 6.31. The quantitative estimate of drug-likeness (QED) is 0.304. The maximum absolute atomic E-state index is 2.58. The summed E-state index contributed by atoms with van der Waals surface area (Å²) in [6, 6.07) is 27.7. The van der Waals surface area contributed by atoms with Crippen molar-refractivity contribution in [2.24, 2.45) is 0 Å². The van der Waals surface area contributed by atoms with Gasteiger partial charge in [0.1, 0.15) is 0 Å². The smallest absolute Gasteiger partial charge is 0.0910 e. The lowest BCUT2D eigenvalue weighted by molar-refractivity contribution is 0.650. The number of hydrogen-bond donors (Lipinski definition) is 0. The van der Waals surface area contributed by atoms with Crippen LogP contribution < -0.4 is 9.80 Å². The number of anilines is 2. The van der Waals surface area contributed by atoms with Crippen molar-refractivity contribution in [2.75, 3.05) is 16.5 Å². The van der Waals surface area contributed by atoms with E-state index in [0.29, 0.717) is 0 Å². The monoisotopic (exact) mass is 398 g/mol. The third-order valence-corrected chi connectivity index (χ3v) is 7.73. The first kappa shape index (κ1) is 16.2. The summed E-state index contributed by atoms with van der Waals surface area (Å²) in [7, 11) is 0. The van der Waals surface area contributed by atoms with E-state index in [1.165, 1.54) is 67.0 Å². The Morgan fingerprint density at radius 1 is 0.452 bits per heavy atom. The molecule has 0 saturated heterocycles. The molecule has 0 radical (unpaired) electrons. The van der Waals surface area contributed by atoms with Crippen LogP contribution in [-0.2, 0) is 25.9 Å². The molecule has 0 N–H and O–H groups in total. The van der Waals surface area contributed by atoms with Gasteiger partial charge in [-0.25, -0.2) is 0 Å². The van der Waals surface area contributed by atoms with Gasteiger partial charge in [0.25, 0.3) is 0 Å². The third-order valence-electron chi connectivity index (χ3n) is 7.73. The summed E-state index contributed by atoms with van der Waals surface area (Å²) >= 11 is 0. The predicted molar refractivity (Wildman–Crippen MR) is 127 cm³/mol. The topological polar surface area (TPSA) is 6.48 Å². The molecule has 0 atom stereocenters. The maximum atomic E-state index is 2.58. The molecule has 0 spiro atoms. The van der Waals surface area contributed by atoms with Crippen LogP contribution in [0.5, 0.6) is 0 Å². The van der Waals surface area contributed by atoms with E-state index in [1.54, 1.807) is 0 Å². The molecule has 2 aliphatic carbocycles. The second-order valence-electron chi connectivity index (χ2n) is 9.48. The minimum absolute atomic E-state index is 0.997. The largest absolute Gasteiger partial charge is 0.349 e. The highest BCUT2D eigenvalue weighted by atomic mass is 15.4. The number of hydrogen-bond acceptors (Lipinski definition) is 2. The Morgan fingerprint density at radius 2 is 0.935 bits per heavy atom. The van der Waals surface area contributed by atoms with Gasteiger partial charge in [0.2, 0.25) is 0 Å². The second-order valence-corrected chi connectivity index (χ2v) is 9.48. The van der Waals surface area contributed by atoms with Crippen molar-refractivity contribution >= 4 is 11.4 Å². The first-order chi connectivity index (χ1) is 15.3. The number of nitrogens with zero attached hydrogens (tertiary/aromatic N) is 2. The minimum atomic E-state index is 0.997. The fourth-order valence-corrected chi connectivity index (χ4v) is 6.31. The third kappa shape index (κ3) is 2.12. The molecule has 0 aromatic heterocycles. The van der Waals surface area contributed by atoms with Crippen molar-refractivity contribution in [2.45, 2.75) is 25.9 Å². The minimum Gasteiger partial charge on any atom is -0.349 e. The van der Waals surface area contributed by atoms with E-state index in [4.69, 9.17) is 0 Å². The highest BCUT2D eigenvalue weighted by molar-refractivity contribution is 5.84. The lowest BCUT2D eigenvalue weighted by Crippen LogP contribution is -2.46. The molecule has 4 aromatic carbocycles. The molecule has 2 aliphatic heterocycles. The highest BCUT2D eigenvalue weighted by Gasteiger charge is 2.33. The van der Waals surface area contributed by atoms with Crippen molar-refractivity contribution in [1.82, 2.24) is 0 Å². The van der Waals surface area contributed by atoms with Crippen molar-refractivity contribution in [3.05, 3.63) is 106 Å². The van der Waals surface area contributed by atoms with E-state index in [9.17, 15) is 0 Å². The molecule has 2 heterocycles. The zero-order valence-corrected chi connectivity index (χ0v) is 17.4. The van der Waals surface area contributed by atoms with Crippen LogP contribution in [0.15, 0.2) is 72.8 Å². The molecule has 2 nitrogen and oxygen atoms in total. The molecular weight excluding hydrogens is 376 g/mol. The van der Waals surface area contributed by atoms with Crippen LogP contribution in [0.1, 0.15) is 33.4 Å². The lowest BCUT2D eigenvalue weighted by atomic mass is 9.94. The van der Waals surface area contributed by atoms with Crippen molar-refractivity contribution in [3.63, 3.8) is 0 Å². The molecule has 2 heteroatoms. The van der Waals surface area contributed by atoms with Gasteiger partial charge in [-0.05, 0) is 92.7 Å². The molecule has 148 valence electrons. The molecule has 4 aromatic rings. The molecule has 8 rings (SSSR count). The SMILES string of the molecule is c1ccc2c(c1)Cc1cc3c(cc1-2)CN1CN3Cc2cc3c(cc21)Cc1ccccc1-3. The van der Waals surface area contributed by atoms with Gasteiger partial charge < -0.3 is 9.80 Å². The molecule has 4 aliphatic rings. The van der Waals surface area contributed by atoms with E-state index >= 15 is 0 Å². The number of fused-ring (bicyclic) bond motifs is 12. The summed E-state index contributed by atoms with van der Waals surface area (Å²) < 4.78 is 0. The second kappa shape index (κ2) is 5.59. The molecular formula is C29H22N2. The zero-order valence-electron chi connectivity index (χ0n) is 17.4. The Labute approximate surface area is 182 Å². The van der Waals surface area contributed by atoms with Crippen LogP contribution in [-0.4, -0.2) is 6.67 Å². The van der Waals surface area contributed by atoms with Gasteiger partial charge in [0.15, 0.2) is 0 Å². The van der Waals surface area contributed by atoms with E-state index in [1.807, 2.05) is 0 Å². The summed E-state index contributed by atoms with van der Waals surface area (Å²) in [5, 5.41) is 0. The van der Waals surface area contributed by atoms with Crippen LogP contribution in [0.3, 0.4) is 0 Å². The fraction of sp³-hybridized carbons (Fsp3) is 0.172. The number of rotatable bonds is 0. The van der Waals surface area contributed by atoms with Gasteiger partial charge in [-0.15, -0.1) is 0 Å². The Kier molecular flexibility index (Phi) is 2.92. The lowest BCUT2D eigenvalue weighted by Gasteiger charge is -2.45. The summed E-state index contributed by atoms with van der Waals surface area (Å²) in [5.74, 6) is 0. The summed E-state index contributed by atoms with van der Waals surface area (Å²) in [6.45, 7) is 3.00. The van der Waals surface area contributed by atoms with Crippen molar-refractivity contribution < 1.29 is 0 Å². The van der Waals surface area contributed by atoms with Gasteiger partial charge in [-0.2, -0.15) is 0 Å². The normalized spacial score (nSPS) is 16.3. The summed E-state index contributed by atoms with van der Waals surface area (Å²) in [5.41, 5.74) is 17.5. The van der Waals surface area contributed by atoms with Gasteiger partial charge in [0, 0.05) is 24.5 Å². The zero-order chi connectivity index (χ0) is 20.1. The Bertz CT molecular complexity index is 1320. The molecule has 0 saturated carbocycles. The Morgan fingerprint density at radius 3 is 1.45 bits per heavy atom. The number of benzene rings is 4. The van der Waals surface area contributed by atoms with Crippen LogP contribution >= 0.6 is 0 Å². The molecule has 0 fully saturated rings. The predicted octanol–water partition coefficient (Wildman–Crippen LogP) is 6.13. The summed E-state index contributed by atoms with van der Waals surface area (Å²) in [6.07, 6.45) is 2.13. The first-order valence-electron chi connectivity index (χ1n) is 11.3. The van der Waals surface area contributed by atoms with Gasteiger partial charge in [-0.3, -0.25) is 0 Å². The average Bonchev–Trinajstić information content (AvgIpc) is 3.34. The van der Waals surface area contributed by atoms with Crippen molar-refractivity contribution in [1.29, 1.82) is 0 Å². The standard InChI is InChI=1S/C29H22N2/c1-3-7-24-18(5-1)9-20-13-28-22(11-26(20)24)15-31-17-30(28)16-23-12-27-21(14-29(23)31)10-19-6-2-4-8-25(19)27/h1-8,11-14H,9-10,15-17H2. The molecule has 0 amide bonds. The van der Waals surface area contributed by atoms with Gasteiger partial charge >= 0.3 is 0 Å². The van der Waals surface area contributed by atoms with Crippen LogP contribution in [0.2, 0.25) is 0 Å². The van der Waals surface area contributed by atoms with E-state index in [2.05, 4.69) is 82.6 Å². The van der Waals surface area contributed by atoms with Crippen LogP contribution in [0, 0.1) is 0 Å². The molecule has 0 unspecified atom stereocenters. The van der Waals surface area contributed by atoms with E-state index < -0.39 is 0 Å². The Balaban J connectivity index is 1.24. The van der Waals surface area contributed by atoms with Gasteiger partial charge in [-0.1, -0.05) is 48.5 Å². The Hall–Kier alpha value is -3.52. The van der Waals surface area contributed by atoms with Crippen LogP contribution in [0.25, 0.3) is 22.3 Å². The summed E-state index contributed by atoms with van der Waals surface area (Å²) in [4.78, 5) is 5.16. The van der Waals surface area contributed by atoms with E-state index in [0.717, 1.165) is 32.6 Å². The molecule has 31 heavy (non-hydrogen) atoms. The highest BCUT2D eigenvalue weighted by Crippen LogP contribution is 2.47. The average molecular weight is 399 g/mol. The van der Waals surface area contributed by atoms with E-state index in [-0.39, 0.29) is 0 Å². The van der Waals surface area contributed by atoms with Gasteiger partial charge in [0.05, 0.1) is 6.67 Å². The van der Waals surface area contributed by atoms with Crippen molar-refractivity contribution in [3.8, 4) is 22.3 Å². The first-order valence-corrected chi connectivity index (χ1v) is 11.3.